The standard InChI is InChI=1S/C50H32N6/c1-4-13-33(14-5-1)34-23-25-36(26-24-34)43-31-44(52-49(51-43)37-16-6-2-7-17-37)39-20-12-21-40(29-39)56-45-28-27-35-15-10-11-22-41(35)48(45)42-30-47-53-50(38-18-8-3-9-19-38)54-55(47)32-46(42)56/h1-32H. The van der Waals surface area contributed by atoms with Crippen molar-refractivity contribution in [2.45, 2.75) is 0 Å². The van der Waals surface area contributed by atoms with E-state index in [-0.39, 0.29) is 0 Å². The number of pyridine rings is 1. The number of hydrogen-bond donors (Lipinski definition) is 0. The van der Waals surface area contributed by atoms with Crippen molar-refractivity contribution < 1.29 is 0 Å². The lowest BCUT2D eigenvalue weighted by Gasteiger charge is -2.13. The van der Waals surface area contributed by atoms with Crippen LogP contribution >= 0.6 is 0 Å². The van der Waals surface area contributed by atoms with Gasteiger partial charge in [-0.1, -0.05) is 158 Å². The van der Waals surface area contributed by atoms with Gasteiger partial charge in [0.25, 0.3) is 0 Å². The van der Waals surface area contributed by atoms with Crippen molar-refractivity contribution in [2.75, 3.05) is 0 Å². The van der Waals surface area contributed by atoms with Gasteiger partial charge in [0, 0.05) is 38.7 Å². The maximum Gasteiger partial charge on any atom is 0.182 e. The van der Waals surface area contributed by atoms with E-state index in [0.717, 1.165) is 67.0 Å². The van der Waals surface area contributed by atoms with Crippen molar-refractivity contribution in [1.82, 2.24) is 29.1 Å². The van der Waals surface area contributed by atoms with Crippen LogP contribution < -0.4 is 0 Å². The molecule has 11 rings (SSSR count). The first-order valence-electron chi connectivity index (χ1n) is 18.7. The molecule has 4 heterocycles. The number of rotatable bonds is 6. The van der Waals surface area contributed by atoms with E-state index in [9.17, 15) is 0 Å². The minimum absolute atomic E-state index is 0.682. The molecule has 0 amide bonds. The number of aromatic nitrogens is 6. The van der Waals surface area contributed by atoms with E-state index < -0.39 is 0 Å². The first-order valence-corrected chi connectivity index (χ1v) is 18.7. The zero-order valence-corrected chi connectivity index (χ0v) is 30.2. The summed E-state index contributed by atoms with van der Waals surface area (Å²) >= 11 is 0. The van der Waals surface area contributed by atoms with Gasteiger partial charge >= 0.3 is 0 Å². The lowest BCUT2D eigenvalue weighted by Crippen LogP contribution is -1.98. The minimum Gasteiger partial charge on any atom is -0.308 e. The van der Waals surface area contributed by atoms with Crippen LogP contribution in [-0.2, 0) is 0 Å². The maximum absolute atomic E-state index is 5.18. The molecule has 0 saturated heterocycles. The molecule has 0 atom stereocenters. The average Bonchev–Trinajstić information content (AvgIpc) is 3.85. The maximum atomic E-state index is 5.18. The van der Waals surface area contributed by atoms with Gasteiger partial charge in [0.05, 0.1) is 28.6 Å². The van der Waals surface area contributed by atoms with Crippen LogP contribution in [0.4, 0.5) is 0 Å². The molecule has 0 unspecified atom stereocenters. The fourth-order valence-electron chi connectivity index (χ4n) is 7.87. The fourth-order valence-corrected chi connectivity index (χ4v) is 7.87. The van der Waals surface area contributed by atoms with Crippen LogP contribution in [0.5, 0.6) is 0 Å². The molecule has 0 bridgehead atoms. The van der Waals surface area contributed by atoms with Crippen LogP contribution in [0.1, 0.15) is 0 Å². The highest BCUT2D eigenvalue weighted by Gasteiger charge is 2.19. The third kappa shape index (κ3) is 5.43. The molecule has 11 aromatic rings. The summed E-state index contributed by atoms with van der Waals surface area (Å²) in [7, 11) is 0. The van der Waals surface area contributed by atoms with E-state index in [0.29, 0.717) is 11.6 Å². The van der Waals surface area contributed by atoms with Crippen molar-refractivity contribution in [3.8, 4) is 62.1 Å². The van der Waals surface area contributed by atoms with Gasteiger partial charge in [0.15, 0.2) is 17.3 Å². The van der Waals surface area contributed by atoms with Crippen LogP contribution in [0.3, 0.4) is 0 Å². The Labute approximate surface area is 322 Å². The topological polar surface area (TPSA) is 60.9 Å². The fraction of sp³-hybridized carbons (Fsp3) is 0. The van der Waals surface area contributed by atoms with Gasteiger partial charge in [-0.15, -0.1) is 5.10 Å². The molecule has 0 aliphatic heterocycles. The Morgan fingerprint density at radius 2 is 0.982 bits per heavy atom. The van der Waals surface area contributed by atoms with Gasteiger partial charge in [-0.25, -0.2) is 19.5 Å². The van der Waals surface area contributed by atoms with E-state index in [1.807, 2.05) is 59.1 Å². The smallest absolute Gasteiger partial charge is 0.182 e. The Bertz CT molecular complexity index is 3220. The predicted octanol–water partition coefficient (Wildman–Crippen LogP) is 12.1. The summed E-state index contributed by atoms with van der Waals surface area (Å²) in [6.07, 6.45) is 2.11. The van der Waals surface area contributed by atoms with Gasteiger partial charge in [0.1, 0.15) is 0 Å². The SMILES string of the molecule is c1ccc(-c2ccc(-c3cc(-c4cccc(-n5c6cn7nc(-c8ccccc8)nc7cc6c6c7ccccc7ccc65)c4)nc(-c4ccccc4)n3)cc2)cc1. The Hall–Kier alpha value is -7.70. The summed E-state index contributed by atoms with van der Waals surface area (Å²) < 4.78 is 4.24. The van der Waals surface area contributed by atoms with Crippen LogP contribution in [0.2, 0.25) is 0 Å². The molecule has 0 fully saturated rings. The van der Waals surface area contributed by atoms with Gasteiger partial charge in [-0.05, 0) is 52.2 Å². The van der Waals surface area contributed by atoms with E-state index in [2.05, 4.69) is 144 Å². The Morgan fingerprint density at radius 3 is 1.73 bits per heavy atom. The third-order valence-corrected chi connectivity index (χ3v) is 10.6. The summed E-state index contributed by atoms with van der Waals surface area (Å²) in [6.45, 7) is 0. The molecule has 0 N–H and O–H groups in total. The second-order valence-electron chi connectivity index (χ2n) is 14.0. The lowest BCUT2D eigenvalue weighted by atomic mass is 10.0. The van der Waals surface area contributed by atoms with Crippen molar-refractivity contribution in [3.05, 3.63) is 194 Å². The predicted molar refractivity (Wildman–Crippen MR) is 228 cm³/mol. The Morgan fingerprint density at radius 1 is 0.375 bits per heavy atom. The number of hydrogen-bond acceptors (Lipinski definition) is 4. The first-order chi connectivity index (χ1) is 27.7. The highest BCUT2D eigenvalue weighted by atomic mass is 15.3. The Kier molecular flexibility index (Phi) is 7.38. The van der Waals surface area contributed by atoms with Gasteiger partial charge in [-0.2, -0.15) is 0 Å². The van der Waals surface area contributed by atoms with E-state index in [1.54, 1.807) is 0 Å². The number of fused-ring (bicyclic) bond motifs is 6. The van der Waals surface area contributed by atoms with Gasteiger partial charge < -0.3 is 4.57 Å². The summed E-state index contributed by atoms with van der Waals surface area (Å²) in [6, 6.07) is 65.4. The minimum atomic E-state index is 0.682. The molecule has 0 aliphatic carbocycles. The lowest BCUT2D eigenvalue weighted by molar-refractivity contribution is 0.967. The highest BCUT2D eigenvalue weighted by Crippen LogP contribution is 2.38. The summed E-state index contributed by atoms with van der Waals surface area (Å²) in [5.41, 5.74) is 12.0. The number of nitrogens with zero attached hydrogens (tertiary/aromatic N) is 6. The van der Waals surface area contributed by atoms with Gasteiger partial charge in [0.2, 0.25) is 0 Å². The van der Waals surface area contributed by atoms with Crippen LogP contribution in [0.15, 0.2) is 194 Å². The van der Waals surface area contributed by atoms with Crippen LogP contribution in [0.25, 0.3) is 100 Å². The first kappa shape index (κ1) is 31.8. The van der Waals surface area contributed by atoms with Crippen molar-refractivity contribution >= 4 is 38.2 Å². The summed E-state index contributed by atoms with van der Waals surface area (Å²) in [4.78, 5) is 15.3. The molecule has 4 aromatic heterocycles. The normalized spacial score (nSPS) is 11.6. The number of benzene rings is 7. The summed E-state index contributed by atoms with van der Waals surface area (Å²) in [5.74, 6) is 1.38. The molecule has 0 saturated carbocycles. The Balaban J connectivity index is 1.10. The van der Waals surface area contributed by atoms with Crippen molar-refractivity contribution in [3.63, 3.8) is 0 Å². The molecule has 56 heavy (non-hydrogen) atoms. The molecular formula is C50H32N6. The largest absolute Gasteiger partial charge is 0.308 e. The van der Waals surface area contributed by atoms with Crippen LogP contribution in [-0.4, -0.2) is 29.1 Å². The van der Waals surface area contributed by atoms with E-state index in [1.165, 1.54) is 21.7 Å². The molecule has 7 aromatic carbocycles. The van der Waals surface area contributed by atoms with Crippen molar-refractivity contribution in [2.24, 2.45) is 0 Å². The molecule has 0 aliphatic rings. The third-order valence-electron chi connectivity index (χ3n) is 10.6. The zero-order valence-electron chi connectivity index (χ0n) is 30.2. The van der Waals surface area contributed by atoms with E-state index >= 15 is 0 Å². The molecule has 0 spiro atoms. The average molecular weight is 717 g/mol. The highest BCUT2D eigenvalue weighted by molar-refractivity contribution is 6.21. The van der Waals surface area contributed by atoms with Crippen LogP contribution in [0, 0.1) is 0 Å². The van der Waals surface area contributed by atoms with E-state index in [4.69, 9.17) is 20.1 Å². The van der Waals surface area contributed by atoms with Crippen molar-refractivity contribution in [1.29, 1.82) is 0 Å². The molecule has 6 heteroatoms. The molecular weight excluding hydrogens is 685 g/mol. The molecule has 0 radical (unpaired) electrons. The monoisotopic (exact) mass is 716 g/mol. The second kappa shape index (κ2) is 13.0. The zero-order chi connectivity index (χ0) is 37.0. The second-order valence-corrected chi connectivity index (χ2v) is 14.0. The molecule has 262 valence electrons. The summed E-state index contributed by atoms with van der Waals surface area (Å²) in [5, 5.41) is 9.64. The molecule has 6 nitrogen and oxygen atoms in total. The van der Waals surface area contributed by atoms with Gasteiger partial charge in [-0.3, -0.25) is 0 Å². The quantitative estimate of drug-likeness (QED) is 0.172.